The third-order valence-corrected chi connectivity index (χ3v) is 4.59. The molecule has 18 heavy (non-hydrogen) atoms. The maximum absolute atomic E-state index is 11.7. The van der Waals surface area contributed by atoms with E-state index >= 15 is 0 Å². The van der Waals surface area contributed by atoms with Gasteiger partial charge in [-0.2, -0.15) is 5.10 Å². The topological polar surface area (TPSA) is 98.3 Å². The normalized spacial score (nSPS) is 20.7. The number of nitrogens with two attached hydrogens (primary N) is 1. The number of aromatic nitrogens is 2. The number of carbonyl (C=O) groups excluding carboxylic acids is 1. The van der Waals surface area contributed by atoms with Gasteiger partial charge in [0.15, 0.2) is 0 Å². The number of primary sulfonamides is 1. The van der Waals surface area contributed by atoms with Crippen LogP contribution in [-0.2, 0) is 28.4 Å². The smallest absolute Gasteiger partial charge is 0.224 e. The molecule has 0 aromatic carbocycles. The first-order valence-electron chi connectivity index (χ1n) is 5.56. The van der Waals surface area contributed by atoms with Crippen molar-refractivity contribution in [2.75, 3.05) is 6.54 Å². The van der Waals surface area contributed by atoms with Crippen LogP contribution in [0.5, 0.6) is 0 Å². The van der Waals surface area contributed by atoms with Crippen LogP contribution in [0.2, 0.25) is 0 Å². The number of hydrogen-bond donors (Lipinski definition) is 1. The fourth-order valence-corrected chi connectivity index (χ4v) is 2.78. The standard InChI is InChI=1S/C10H16N4O3S/c1-7-8(4-12-13(7)2)5-14-6-9(3-10(14)15)18(11,16)17/h4,9H,3,5-6H2,1-2H3,(H2,11,16,17). The summed E-state index contributed by atoms with van der Waals surface area (Å²) in [4.78, 5) is 13.2. The highest BCUT2D eigenvalue weighted by Crippen LogP contribution is 2.20. The summed E-state index contributed by atoms with van der Waals surface area (Å²) < 4.78 is 24.2. The minimum Gasteiger partial charge on any atom is -0.337 e. The van der Waals surface area contributed by atoms with Crippen LogP contribution < -0.4 is 5.14 Å². The second kappa shape index (κ2) is 4.36. The van der Waals surface area contributed by atoms with Gasteiger partial charge in [-0.15, -0.1) is 0 Å². The lowest BCUT2D eigenvalue weighted by Crippen LogP contribution is -2.32. The largest absolute Gasteiger partial charge is 0.337 e. The molecule has 0 aliphatic carbocycles. The predicted molar refractivity (Wildman–Crippen MR) is 64.9 cm³/mol. The summed E-state index contributed by atoms with van der Waals surface area (Å²) in [6, 6.07) is 0. The van der Waals surface area contributed by atoms with Crippen LogP contribution in [0.4, 0.5) is 0 Å². The van der Waals surface area contributed by atoms with Gasteiger partial charge in [-0.25, -0.2) is 13.6 Å². The minimum atomic E-state index is -3.65. The zero-order valence-corrected chi connectivity index (χ0v) is 11.1. The summed E-state index contributed by atoms with van der Waals surface area (Å²) in [5.41, 5.74) is 1.88. The predicted octanol–water partition coefficient (Wildman–Crippen LogP) is -0.882. The Kier molecular flexibility index (Phi) is 3.16. The third kappa shape index (κ3) is 2.39. The first-order chi connectivity index (χ1) is 8.29. The number of rotatable bonds is 3. The monoisotopic (exact) mass is 272 g/mol. The van der Waals surface area contributed by atoms with Gasteiger partial charge in [0, 0.05) is 37.8 Å². The summed E-state index contributed by atoms with van der Waals surface area (Å²) >= 11 is 0. The molecule has 0 saturated carbocycles. The molecule has 1 saturated heterocycles. The van der Waals surface area contributed by atoms with Gasteiger partial charge in [0.1, 0.15) is 5.25 Å². The second-order valence-electron chi connectivity index (χ2n) is 4.57. The number of likely N-dealkylation sites (tertiary alicyclic amines) is 1. The van der Waals surface area contributed by atoms with Crippen LogP contribution in [0.3, 0.4) is 0 Å². The molecule has 1 aromatic heterocycles. The lowest BCUT2D eigenvalue weighted by Gasteiger charge is -2.15. The zero-order valence-electron chi connectivity index (χ0n) is 10.3. The van der Waals surface area contributed by atoms with Crippen molar-refractivity contribution in [1.29, 1.82) is 0 Å². The number of hydrogen-bond acceptors (Lipinski definition) is 4. The molecular weight excluding hydrogens is 256 g/mol. The molecule has 2 heterocycles. The van der Waals surface area contributed by atoms with Crippen LogP contribution in [-0.4, -0.2) is 40.8 Å². The Labute approximate surface area is 106 Å². The lowest BCUT2D eigenvalue weighted by atomic mass is 10.2. The molecule has 8 heteroatoms. The molecule has 1 aliphatic rings. The van der Waals surface area contributed by atoms with E-state index < -0.39 is 15.3 Å². The van der Waals surface area contributed by atoms with Crippen molar-refractivity contribution in [3.05, 3.63) is 17.5 Å². The van der Waals surface area contributed by atoms with E-state index in [0.29, 0.717) is 6.54 Å². The lowest BCUT2D eigenvalue weighted by molar-refractivity contribution is -0.128. The number of sulfonamides is 1. The van der Waals surface area contributed by atoms with Crippen LogP contribution in [0.15, 0.2) is 6.20 Å². The fraction of sp³-hybridized carbons (Fsp3) is 0.600. The van der Waals surface area contributed by atoms with E-state index in [1.807, 2.05) is 14.0 Å². The van der Waals surface area contributed by atoms with E-state index in [2.05, 4.69) is 5.10 Å². The fourth-order valence-electron chi connectivity index (χ4n) is 2.01. The molecule has 0 bridgehead atoms. The van der Waals surface area contributed by atoms with Gasteiger partial charge in [0.05, 0.1) is 6.20 Å². The first kappa shape index (κ1) is 13.0. The van der Waals surface area contributed by atoms with E-state index in [1.54, 1.807) is 10.9 Å². The highest BCUT2D eigenvalue weighted by Gasteiger charge is 2.36. The zero-order chi connectivity index (χ0) is 13.5. The highest BCUT2D eigenvalue weighted by molar-refractivity contribution is 7.89. The van der Waals surface area contributed by atoms with Crippen molar-refractivity contribution in [3.63, 3.8) is 0 Å². The Morgan fingerprint density at radius 1 is 1.56 bits per heavy atom. The van der Waals surface area contributed by atoms with E-state index in [4.69, 9.17) is 5.14 Å². The molecule has 1 atom stereocenters. The average molecular weight is 272 g/mol. The summed E-state index contributed by atoms with van der Waals surface area (Å²) in [6.45, 7) is 2.44. The Bertz CT molecular complexity index is 578. The number of amides is 1. The average Bonchev–Trinajstić information content (AvgIpc) is 2.77. The van der Waals surface area contributed by atoms with Gasteiger partial charge in [-0.1, -0.05) is 0 Å². The van der Waals surface area contributed by atoms with Crippen LogP contribution in [0.25, 0.3) is 0 Å². The van der Waals surface area contributed by atoms with Crippen molar-refractivity contribution in [2.45, 2.75) is 25.1 Å². The molecule has 100 valence electrons. The molecular formula is C10H16N4O3S. The van der Waals surface area contributed by atoms with Crippen LogP contribution >= 0.6 is 0 Å². The molecule has 1 aliphatic heterocycles. The highest BCUT2D eigenvalue weighted by atomic mass is 32.2. The second-order valence-corrected chi connectivity index (χ2v) is 6.41. The van der Waals surface area contributed by atoms with Crippen molar-refractivity contribution in [3.8, 4) is 0 Å². The minimum absolute atomic E-state index is 0.0296. The molecule has 0 spiro atoms. The molecule has 2 N–H and O–H groups in total. The summed E-state index contributed by atoms with van der Waals surface area (Å²) in [6.07, 6.45) is 1.66. The Hall–Kier alpha value is -1.41. The van der Waals surface area contributed by atoms with Gasteiger partial charge in [0.25, 0.3) is 0 Å². The SMILES string of the molecule is Cc1c(CN2CC(S(N)(=O)=O)CC2=O)cnn1C. The van der Waals surface area contributed by atoms with E-state index in [0.717, 1.165) is 11.3 Å². The molecule has 1 unspecified atom stereocenters. The maximum atomic E-state index is 11.7. The van der Waals surface area contributed by atoms with Gasteiger partial charge in [-0.3, -0.25) is 9.48 Å². The van der Waals surface area contributed by atoms with Crippen molar-refractivity contribution in [1.82, 2.24) is 14.7 Å². The third-order valence-electron chi connectivity index (χ3n) is 3.34. The van der Waals surface area contributed by atoms with Gasteiger partial charge in [-0.05, 0) is 6.92 Å². The Morgan fingerprint density at radius 2 is 2.22 bits per heavy atom. The van der Waals surface area contributed by atoms with Gasteiger partial charge in [0.2, 0.25) is 15.9 Å². The number of carbonyl (C=O) groups is 1. The molecule has 2 rings (SSSR count). The van der Waals surface area contributed by atoms with E-state index in [1.165, 1.54) is 4.90 Å². The maximum Gasteiger partial charge on any atom is 0.224 e. The van der Waals surface area contributed by atoms with Crippen molar-refractivity contribution in [2.24, 2.45) is 12.2 Å². The van der Waals surface area contributed by atoms with Gasteiger partial charge < -0.3 is 4.90 Å². The number of nitrogens with zero attached hydrogens (tertiary/aromatic N) is 3. The molecule has 1 fully saturated rings. The molecule has 1 amide bonds. The van der Waals surface area contributed by atoms with Crippen molar-refractivity contribution >= 4 is 15.9 Å². The summed E-state index contributed by atoms with van der Waals surface area (Å²) in [5.74, 6) is -0.183. The van der Waals surface area contributed by atoms with Crippen molar-refractivity contribution < 1.29 is 13.2 Å². The van der Waals surface area contributed by atoms with Gasteiger partial charge >= 0.3 is 0 Å². The molecule has 1 aromatic rings. The summed E-state index contributed by atoms with van der Waals surface area (Å²) in [7, 11) is -1.83. The first-order valence-corrected chi connectivity index (χ1v) is 7.17. The van der Waals surface area contributed by atoms with E-state index in [-0.39, 0.29) is 18.9 Å². The summed E-state index contributed by atoms with van der Waals surface area (Å²) in [5, 5.41) is 8.37. The van der Waals surface area contributed by atoms with Crippen LogP contribution in [0, 0.1) is 6.92 Å². The quantitative estimate of drug-likeness (QED) is 0.772. The molecule has 0 radical (unpaired) electrons. The van der Waals surface area contributed by atoms with E-state index in [9.17, 15) is 13.2 Å². The molecule has 7 nitrogen and oxygen atoms in total. The Morgan fingerprint density at radius 3 is 2.67 bits per heavy atom. The number of aryl methyl sites for hydroxylation is 1. The Balaban J connectivity index is 2.12. The van der Waals surface area contributed by atoms with Crippen LogP contribution in [0.1, 0.15) is 17.7 Å².